The number of hydrogen-bond acceptors (Lipinski definition) is 0. The molecule has 0 radical (unpaired) electrons. The molecule has 0 N–H and O–H groups in total. The van der Waals surface area contributed by atoms with Gasteiger partial charge < -0.3 is 0 Å². The minimum atomic E-state index is -2.18. The van der Waals surface area contributed by atoms with Crippen molar-refractivity contribution in [1.82, 2.24) is 0 Å². The number of alkyl halides is 3. The SMILES string of the molecule is CCCC(C)(CBr)CC(F)F. The molecule has 3 heteroatoms. The molecule has 68 valence electrons. The minimum Gasteiger partial charge on any atom is -0.211 e. The van der Waals surface area contributed by atoms with Crippen molar-refractivity contribution in [3.63, 3.8) is 0 Å². The summed E-state index contributed by atoms with van der Waals surface area (Å²) in [6.45, 7) is 3.92. The van der Waals surface area contributed by atoms with E-state index in [4.69, 9.17) is 0 Å². The first-order chi connectivity index (χ1) is 5.04. The van der Waals surface area contributed by atoms with E-state index in [1.165, 1.54) is 0 Å². The van der Waals surface area contributed by atoms with Crippen LogP contribution in [0, 0.1) is 5.41 Å². The van der Waals surface area contributed by atoms with Crippen molar-refractivity contribution in [3.8, 4) is 0 Å². The van der Waals surface area contributed by atoms with Crippen LogP contribution in [0.2, 0.25) is 0 Å². The smallest absolute Gasteiger partial charge is 0.211 e. The molecule has 0 amide bonds. The van der Waals surface area contributed by atoms with E-state index in [1.807, 2.05) is 13.8 Å². The highest BCUT2D eigenvalue weighted by molar-refractivity contribution is 9.09. The molecular weight excluding hydrogens is 214 g/mol. The van der Waals surface area contributed by atoms with Gasteiger partial charge in [-0.05, 0) is 11.8 Å². The second-order valence-corrected chi connectivity index (χ2v) is 3.85. The van der Waals surface area contributed by atoms with Gasteiger partial charge in [0.15, 0.2) is 0 Å². The zero-order valence-electron chi connectivity index (χ0n) is 7.04. The van der Waals surface area contributed by atoms with Crippen molar-refractivity contribution < 1.29 is 8.78 Å². The summed E-state index contributed by atoms with van der Waals surface area (Å²) < 4.78 is 24.0. The van der Waals surface area contributed by atoms with Crippen LogP contribution in [-0.4, -0.2) is 11.8 Å². The van der Waals surface area contributed by atoms with E-state index in [9.17, 15) is 8.78 Å². The Morgan fingerprint density at radius 2 is 2.00 bits per heavy atom. The quantitative estimate of drug-likeness (QED) is 0.628. The van der Waals surface area contributed by atoms with Crippen molar-refractivity contribution in [1.29, 1.82) is 0 Å². The third-order valence-electron chi connectivity index (χ3n) is 1.82. The van der Waals surface area contributed by atoms with Crippen LogP contribution in [0.4, 0.5) is 8.78 Å². The van der Waals surface area contributed by atoms with Crippen LogP contribution in [0.15, 0.2) is 0 Å². The molecule has 0 bridgehead atoms. The predicted molar refractivity (Wildman–Crippen MR) is 47.4 cm³/mol. The highest BCUT2D eigenvalue weighted by Gasteiger charge is 2.25. The molecule has 0 nitrogen and oxygen atoms in total. The first kappa shape index (κ1) is 11.3. The Labute approximate surface area is 75.5 Å². The van der Waals surface area contributed by atoms with Crippen molar-refractivity contribution in [3.05, 3.63) is 0 Å². The third-order valence-corrected chi connectivity index (χ3v) is 3.18. The zero-order valence-corrected chi connectivity index (χ0v) is 8.63. The Morgan fingerprint density at radius 1 is 1.45 bits per heavy atom. The molecule has 1 unspecified atom stereocenters. The monoisotopic (exact) mass is 228 g/mol. The molecule has 0 aliphatic rings. The molecule has 11 heavy (non-hydrogen) atoms. The van der Waals surface area contributed by atoms with Gasteiger partial charge in [-0.25, -0.2) is 8.78 Å². The topological polar surface area (TPSA) is 0 Å². The molecular formula is C8H15BrF2. The van der Waals surface area contributed by atoms with Crippen LogP contribution in [0.1, 0.15) is 33.1 Å². The standard InChI is InChI=1S/C8H15BrF2/c1-3-4-8(2,6-9)5-7(10)11/h7H,3-6H2,1-2H3. The molecule has 0 rings (SSSR count). The lowest BCUT2D eigenvalue weighted by Gasteiger charge is -2.26. The second kappa shape index (κ2) is 5.07. The maximum Gasteiger partial charge on any atom is 0.239 e. The normalized spacial score (nSPS) is 16.9. The van der Waals surface area contributed by atoms with E-state index in [1.54, 1.807) is 0 Å². The number of hydrogen-bond donors (Lipinski definition) is 0. The molecule has 0 saturated carbocycles. The average Bonchev–Trinajstić information content (AvgIpc) is 1.87. The lowest BCUT2D eigenvalue weighted by molar-refractivity contribution is 0.0857. The maximum atomic E-state index is 12.0. The molecule has 0 aliphatic heterocycles. The Kier molecular flexibility index (Phi) is 5.23. The minimum absolute atomic E-state index is 0.00604. The van der Waals surface area contributed by atoms with Gasteiger partial charge in [0.2, 0.25) is 6.43 Å². The summed E-state index contributed by atoms with van der Waals surface area (Å²) in [4.78, 5) is 0. The fraction of sp³-hybridized carbons (Fsp3) is 1.00. The van der Waals surface area contributed by atoms with Gasteiger partial charge in [-0.3, -0.25) is 0 Å². The molecule has 0 aromatic heterocycles. The van der Waals surface area contributed by atoms with Gasteiger partial charge in [0, 0.05) is 11.8 Å². The fourth-order valence-electron chi connectivity index (χ4n) is 1.20. The van der Waals surface area contributed by atoms with Gasteiger partial charge in [0.05, 0.1) is 0 Å². The molecule has 0 aromatic carbocycles. The van der Waals surface area contributed by atoms with Gasteiger partial charge in [0.1, 0.15) is 0 Å². The van der Waals surface area contributed by atoms with Crippen LogP contribution >= 0.6 is 15.9 Å². The van der Waals surface area contributed by atoms with Gasteiger partial charge in [-0.15, -0.1) is 0 Å². The third kappa shape index (κ3) is 4.72. The van der Waals surface area contributed by atoms with Crippen LogP contribution in [-0.2, 0) is 0 Å². The lowest BCUT2D eigenvalue weighted by Crippen LogP contribution is -2.21. The van der Waals surface area contributed by atoms with Crippen LogP contribution in [0.5, 0.6) is 0 Å². The summed E-state index contributed by atoms with van der Waals surface area (Å²) >= 11 is 3.27. The first-order valence-electron chi connectivity index (χ1n) is 3.88. The summed E-state index contributed by atoms with van der Waals surface area (Å²) in [5.41, 5.74) is -0.219. The van der Waals surface area contributed by atoms with E-state index in [2.05, 4.69) is 15.9 Å². The maximum absolute atomic E-state index is 12.0. The molecule has 0 heterocycles. The zero-order chi connectivity index (χ0) is 8.91. The molecule has 1 atom stereocenters. The summed E-state index contributed by atoms with van der Waals surface area (Å²) in [5.74, 6) is 0. The van der Waals surface area contributed by atoms with Gasteiger partial charge in [-0.1, -0.05) is 36.2 Å². The van der Waals surface area contributed by atoms with Crippen molar-refractivity contribution >= 4 is 15.9 Å². The Balaban J connectivity index is 3.87. The highest BCUT2D eigenvalue weighted by atomic mass is 79.9. The number of halogens is 3. The van der Waals surface area contributed by atoms with Crippen LogP contribution in [0.3, 0.4) is 0 Å². The average molecular weight is 229 g/mol. The van der Waals surface area contributed by atoms with E-state index in [-0.39, 0.29) is 11.8 Å². The van der Waals surface area contributed by atoms with E-state index in [0.717, 1.165) is 12.8 Å². The van der Waals surface area contributed by atoms with Gasteiger partial charge >= 0.3 is 0 Å². The molecule has 0 aliphatic carbocycles. The molecule has 0 aromatic rings. The Hall–Kier alpha value is 0.340. The van der Waals surface area contributed by atoms with E-state index in [0.29, 0.717) is 5.33 Å². The fourth-order valence-corrected chi connectivity index (χ4v) is 1.71. The van der Waals surface area contributed by atoms with E-state index >= 15 is 0 Å². The number of rotatable bonds is 5. The lowest BCUT2D eigenvalue weighted by atomic mass is 9.85. The molecule has 0 fully saturated rings. The summed E-state index contributed by atoms with van der Waals surface area (Å²) in [6.07, 6.45) is -0.340. The molecule has 0 saturated heterocycles. The molecule has 0 spiro atoms. The summed E-state index contributed by atoms with van der Waals surface area (Å²) in [5, 5.41) is 0.665. The largest absolute Gasteiger partial charge is 0.239 e. The van der Waals surface area contributed by atoms with Crippen LogP contribution in [0.25, 0.3) is 0 Å². The highest BCUT2D eigenvalue weighted by Crippen LogP contribution is 2.32. The van der Waals surface area contributed by atoms with Gasteiger partial charge in [-0.2, -0.15) is 0 Å². The Bertz CT molecular complexity index is 106. The van der Waals surface area contributed by atoms with Crippen molar-refractivity contribution in [2.24, 2.45) is 5.41 Å². The predicted octanol–water partition coefficient (Wildman–Crippen LogP) is 3.84. The van der Waals surface area contributed by atoms with E-state index < -0.39 is 6.43 Å². The van der Waals surface area contributed by atoms with Crippen LogP contribution < -0.4 is 0 Å². The second-order valence-electron chi connectivity index (χ2n) is 3.29. The summed E-state index contributed by atoms with van der Waals surface area (Å²) in [7, 11) is 0. The van der Waals surface area contributed by atoms with Crippen molar-refractivity contribution in [2.75, 3.05) is 5.33 Å². The van der Waals surface area contributed by atoms with Crippen molar-refractivity contribution in [2.45, 2.75) is 39.5 Å². The first-order valence-corrected chi connectivity index (χ1v) is 5.00. The Morgan fingerprint density at radius 3 is 2.27 bits per heavy atom. The summed E-state index contributed by atoms with van der Waals surface area (Å²) in [6, 6.07) is 0. The van der Waals surface area contributed by atoms with Gasteiger partial charge in [0.25, 0.3) is 0 Å².